The summed E-state index contributed by atoms with van der Waals surface area (Å²) in [6.45, 7) is 0. The number of anilines is 1. The number of carbonyl (C=O) groups excluding carboxylic acids is 1. The van der Waals surface area contributed by atoms with E-state index in [1.807, 2.05) is 30.3 Å². The third kappa shape index (κ3) is 3.26. The minimum atomic E-state index is -0.271. The van der Waals surface area contributed by atoms with Crippen molar-refractivity contribution in [2.45, 2.75) is 0 Å². The molecule has 0 saturated heterocycles. The molecule has 0 N–H and O–H groups in total. The predicted octanol–water partition coefficient (Wildman–Crippen LogP) is 4.28. The number of halogens is 1. The van der Waals surface area contributed by atoms with E-state index in [1.165, 1.54) is 4.90 Å². The molecule has 0 unspecified atom stereocenters. The van der Waals surface area contributed by atoms with Gasteiger partial charge in [0.05, 0.1) is 7.11 Å². The van der Waals surface area contributed by atoms with Crippen LogP contribution in [0.1, 0.15) is 10.5 Å². The second-order valence-electron chi connectivity index (χ2n) is 5.15. The van der Waals surface area contributed by atoms with Crippen molar-refractivity contribution in [3.63, 3.8) is 0 Å². The van der Waals surface area contributed by atoms with Gasteiger partial charge in [0.25, 0.3) is 5.91 Å². The topological polar surface area (TPSA) is 55.6 Å². The van der Waals surface area contributed by atoms with Crippen molar-refractivity contribution in [3.05, 3.63) is 65.3 Å². The average Bonchev–Trinajstić information content (AvgIpc) is 3.11. The Labute approximate surface area is 144 Å². The summed E-state index contributed by atoms with van der Waals surface area (Å²) in [5.41, 5.74) is 1.73. The Hall–Kier alpha value is -2.79. The van der Waals surface area contributed by atoms with Gasteiger partial charge in [0, 0.05) is 35.5 Å². The van der Waals surface area contributed by atoms with Crippen molar-refractivity contribution in [2.24, 2.45) is 0 Å². The van der Waals surface area contributed by atoms with Crippen molar-refractivity contribution in [2.75, 3.05) is 19.1 Å². The first kappa shape index (κ1) is 16.1. The van der Waals surface area contributed by atoms with Gasteiger partial charge >= 0.3 is 0 Å². The van der Waals surface area contributed by atoms with E-state index >= 15 is 0 Å². The third-order valence-electron chi connectivity index (χ3n) is 3.60. The number of amides is 1. The Kier molecular flexibility index (Phi) is 4.53. The van der Waals surface area contributed by atoms with Crippen molar-refractivity contribution >= 4 is 23.2 Å². The Bertz CT molecular complexity index is 859. The van der Waals surface area contributed by atoms with Gasteiger partial charge in [-0.3, -0.25) is 4.79 Å². The van der Waals surface area contributed by atoms with Gasteiger partial charge in [-0.15, -0.1) is 0 Å². The lowest BCUT2D eigenvalue weighted by atomic mass is 10.1. The standard InChI is InChI=1S/C18H15ClN2O3/c1-21(14-4-3-5-15(10-14)23-2)18(22)16-11-17(24-20-16)12-6-8-13(19)9-7-12/h3-11H,1-2H3. The largest absolute Gasteiger partial charge is 0.497 e. The number of benzene rings is 2. The fourth-order valence-corrected chi connectivity index (χ4v) is 2.36. The summed E-state index contributed by atoms with van der Waals surface area (Å²) >= 11 is 5.87. The van der Waals surface area contributed by atoms with E-state index in [0.717, 1.165) is 5.56 Å². The van der Waals surface area contributed by atoms with Crippen LogP contribution in [0, 0.1) is 0 Å². The molecule has 1 amide bonds. The van der Waals surface area contributed by atoms with Gasteiger partial charge in [-0.1, -0.05) is 22.8 Å². The number of hydrogen-bond donors (Lipinski definition) is 0. The molecule has 3 rings (SSSR count). The van der Waals surface area contributed by atoms with Gasteiger partial charge in [0.2, 0.25) is 0 Å². The molecule has 3 aromatic rings. The zero-order valence-corrected chi connectivity index (χ0v) is 13.9. The quantitative estimate of drug-likeness (QED) is 0.710. The van der Waals surface area contributed by atoms with E-state index in [2.05, 4.69) is 5.16 Å². The molecule has 0 atom stereocenters. The fourth-order valence-electron chi connectivity index (χ4n) is 2.23. The molecule has 6 heteroatoms. The van der Waals surface area contributed by atoms with Gasteiger partial charge in [-0.25, -0.2) is 0 Å². The van der Waals surface area contributed by atoms with Crippen LogP contribution < -0.4 is 9.64 Å². The number of hydrogen-bond acceptors (Lipinski definition) is 4. The number of nitrogens with zero attached hydrogens (tertiary/aromatic N) is 2. The van der Waals surface area contributed by atoms with Crippen molar-refractivity contribution < 1.29 is 14.1 Å². The zero-order chi connectivity index (χ0) is 17.1. The highest BCUT2D eigenvalue weighted by atomic mass is 35.5. The highest BCUT2D eigenvalue weighted by molar-refractivity contribution is 6.30. The lowest BCUT2D eigenvalue weighted by Gasteiger charge is -2.16. The van der Waals surface area contributed by atoms with E-state index in [1.54, 1.807) is 38.4 Å². The Morgan fingerprint density at radius 2 is 1.92 bits per heavy atom. The van der Waals surface area contributed by atoms with Crippen molar-refractivity contribution in [1.29, 1.82) is 0 Å². The lowest BCUT2D eigenvalue weighted by Crippen LogP contribution is -2.26. The normalized spacial score (nSPS) is 10.5. The number of ether oxygens (including phenoxy) is 1. The van der Waals surface area contributed by atoms with Crippen molar-refractivity contribution in [1.82, 2.24) is 5.16 Å². The SMILES string of the molecule is COc1cccc(N(C)C(=O)c2cc(-c3ccc(Cl)cc3)on2)c1. The van der Waals surface area contributed by atoms with Gasteiger partial charge < -0.3 is 14.2 Å². The molecule has 1 aromatic heterocycles. The molecule has 0 spiro atoms. The molecule has 2 aromatic carbocycles. The molecule has 0 aliphatic rings. The smallest absolute Gasteiger partial charge is 0.280 e. The van der Waals surface area contributed by atoms with Crippen LogP contribution in [-0.2, 0) is 0 Å². The summed E-state index contributed by atoms with van der Waals surface area (Å²) < 4.78 is 10.5. The molecular formula is C18H15ClN2O3. The van der Waals surface area contributed by atoms with Gasteiger partial charge in [-0.05, 0) is 36.4 Å². The van der Waals surface area contributed by atoms with E-state index in [-0.39, 0.29) is 11.6 Å². The molecule has 0 aliphatic carbocycles. The van der Waals surface area contributed by atoms with E-state index in [4.69, 9.17) is 20.9 Å². The van der Waals surface area contributed by atoms with Crippen LogP contribution in [-0.4, -0.2) is 25.2 Å². The molecule has 0 bridgehead atoms. The Morgan fingerprint density at radius 1 is 1.17 bits per heavy atom. The zero-order valence-electron chi connectivity index (χ0n) is 13.2. The van der Waals surface area contributed by atoms with Crippen LogP contribution in [0.3, 0.4) is 0 Å². The maximum absolute atomic E-state index is 12.6. The molecule has 5 nitrogen and oxygen atoms in total. The summed E-state index contributed by atoms with van der Waals surface area (Å²) in [4.78, 5) is 14.1. The molecule has 24 heavy (non-hydrogen) atoms. The van der Waals surface area contributed by atoms with Gasteiger partial charge in [0.15, 0.2) is 11.5 Å². The highest BCUT2D eigenvalue weighted by Gasteiger charge is 2.19. The Morgan fingerprint density at radius 3 is 2.62 bits per heavy atom. The highest BCUT2D eigenvalue weighted by Crippen LogP contribution is 2.25. The van der Waals surface area contributed by atoms with Crippen molar-refractivity contribution in [3.8, 4) is 17.1 Å². The molecule has 1 heterocycles. The van der Waals surface area contributed by atoms with Crippen LogP contribution in [0.2, 0.25) is 5.02 Å². The number of rotatable bonds is 4. The summed E-state index contributed by atoms with van der Waals surface area (Å²) in [5.74, 6) is 0.912. The first-order chi connectivity index (χ1) is 11.6. The van der Waals surface area contributed by atoms with Crippen LogP contribution in [0.25, 0.3) is 11.3 Å². The average molecular weight is 343 g/mol. The van der Waals surface area contributed by atoms with E-state index in [0.29, 0.717) is 22.2 Å². The molecule has 0 saturated carbocycles. The third-order valence-corrected chi connectivity index (χ3v) is 3.86. The summed E-state index contributed by atoms with van der Waals surface area (Å²) in [5, 5.41) is 4.51. The molecule has 0 radical (unpaired) electrons. The van der Waals surface area contributed by atoms with Crippen LogP contribution in [0.15, 0.2) is 59.1 Å². The molecular weight excluding hydrogens is 328 g/mol. The minimum Gasteiger partial charge on any atom is -0.497 e. The number of carbonyl (C=O) groups is 1. The maximum atomic E-state index is 12.6. The molecule has 0 fully saturated rings. The first-order valence-electron chi connectivity index (χ1n) is 7.23. The second-order valence-corrected chi connectivity index (χ2v) is 5.59. The predicted molar refractivity (Wildman–Crippen MR) is 92.7 cm³/mol. The summed E-state index contributed by atoms with van der Waals surface area (Å²) in [7, 11) is 3.25. The fraction of sp³-hybridized carbons (Fsp3) is 0.111. The number of methoxy groups -OCH3 is 1. The van der Waals surface area contributed by atoms with Crippen LogP contribution >= 0.6 is 11.6 Å². The van der Waals surface area contributed by atoms with E-state index < -0.39 is 0 Å². The maximum Gasteiger partial charge on any atom is 0.280 e. The second kappa shape index (κ2) is 6.76. The molecule has 0 aliphatic heterocycles. The monoisotopic (exact) mass is 342 g/mol. The van der Waals surface area contributed by atoms with Crippen LogP contribution in [0.4, 0.5) is 5.69 Å². The summed E-state index contributed by atoms with van der Waals surface area (Å²) in [6.07, 6.45) is 0. The number of aromatic nitrogens is 1. The van der Waals surface area contributed by atoms with Gasteiger partial charge in [-0.2, -0.15) is 0 Å². The first-order valence-corrected chi connectivity index (χ1v) is 7.61. The lowest BCUT2D eigenvalue weighted by molar-refractivity contribution is 0.0984. The van der Waals surface area contributed by atoms with Crippen LogP contribution in [0.5, 0.6) is 5.75 Å². The summed E-state index contributed by atoms with van der Waals surface area (Å²) in [6, 6.07) is 16.0. The van der Waals surface area contributed by atoms with E-state index in [9.17, 15) is 4.79 Å². The Balaban J connectivity index is 1.83. The van der Waals surface area contributed by atoms with Gasteiger partial charge in [0.1, 0.15) is 5.75 Å². The molecule has 122 valence electrons. The minimum absolute atomic E-state index is 0.227.